The van der Waals surface area contributed by atoms with Gasteiger partial charge in [0.25, 0.3) is 5.91 Å². The summed E-state index contributed by atoms with van der Waals surface area (Å²) in [5.74, 6) is 0.906. The van der Waals surface area contributed by atoms with Crippen molar-refractivity contribution in [1.29, 1.82) is 0 Å². The Bertz CT molecular complexity index is 554. The normalized spacial score (nSPS) is 20.7. The summed E-state index contributed by atoms with van der Waals surface area (Å²) in [5.41, 5.74) is 0.533. The first kappa shape index (κ1) is 17.2. The van der Waals surface area contributed by atoms with Crippen LogP contribution in [-0.4, -0.2) is 67.0 Å². The van der Waals surface area contributed by atoms with Crippen LogP contribution >= 0.6 is 0 Å². The van der Waals surface area contributed by atoms with E-state index >= 15 is 0 Å². The molecule has 2 heterocycles. The number of amides is 1. The summed E-state index contributed by atoms with van der Waals surface area (Å²) in [5, 5.41) is 0. The average Bonchev–Trinajstić information content (AvgIpc) is 2.88. The quantitative estimate of drug-likeness (QED) is 0.854. The van der Waals surface area contributed by atoms with Crippen LogP contribution in [0.5, 0.6) is 0 Å². The van der Waals surface area contributed by atoms with Gasteiger partial charge in [-0.1, -0.05) is 25.3 Å². The van der Waals surface area contributed by atoms with E-state index in [9.17, 15) is 4.79 Å². The maximum atomic E-state index is 12.1. The van der Waals surface area contributed by atoms with Crippen LogP contribution in [0.1, 0.15) is 49.0 Å². The van der Waals surface area contributed by atoms with Crippen molar-refractivity contribution in [2.75, 3.05) is 45.2 Å². The molecule has 1 aromatic rings. The molecule has 0 N–H and O–H groups in total. The zero-order chi connectivity index (χ0) is 16.9. The summed E-state index contributed by atoms with van der Waals surface area (Å²) >= 11 is 0. The second kappa shape index (κ2) is 7.97. The van der Waals surface area contributed by atoms with E-state index in [0.717, 1.165) is 31.5 Å². The topological polar surface area (TPSA) is 39.7 Å². The first-order valence-electron chi connectivity index (χ1n) is 9.33. The Kier molecular flexibility index (Phi) is 5.72. The van der Waals surface area contributed by atoms with Crippen LogP contribution in [0.25, 0.3) is 0 Å². The minimum atomic E-state index is -0.0319. The van der Waals surface area contributed by atoms with Crippen molar-refractivity contribution in [3.63, 3.8) is 0 Å². The number of carbonyl (C=O) groups excluding carboxylic acids is 1. The molecule has 5 heteroatoms. The summed E-state index contributed by atoms with van der Waals surface area (Å²) in [7, 11) is 3.54. The van der Waals surface area contributed by atoms with E-state index in [-0.39, 0.29) is 5.91 Å². The Balaban J connectivity index is 1.65. The van der Waals surface area contributed by atoms with Gasteiger partial charge in [0.1, 0.15) is 11.5 Å². The lowest BCUT2D eigenvalue weighted by Gasteiger charge is -2.33. The van der Waals surface area contributed by atoms with Crippen LogP contribution in [-0.2, 0) is 0 Å². The molecule has 132 valence electrons. The van der Waals surface area contributed by atoms with E-state index in [0.29, 0.717) is 5.69 Å². The summed E-state index contributed by atoms with van der Waals surface area (Å²) in [4.78, 5) is 23.4. The molecule has 2 fully saturated rings. The number of hydrogen-bond donors (Lipinski definition) is 0. The molecule has 1 aromatic heterocycles. The second-order valence-electron chi connectivity index (χ2n) is 7.25. The van der Waals surface area contributed by atoms with Gasteiger partial charge in [-0.05, 0) is 31.4 Å². The monoisotopic (exact) mass is 330 g/mol. The SMILES string of the molecule is CN(C)C(=O)c1cccc(N2CCCN(C3CCCCC3)CC2)n1. The predicted molar refractivity (Wildman–Crippen MR) is 97.5 cm³/mol. The average molecular weight is 330 g/mol. The number of nitrogens with zero attached hydrogens (tertiary/aromatic N) is 4. The Morgan fingerprint density at radius 3 is 2.58 bits per heavy atom. The Morgan fingerprint density at radius 2 is 1.83 bits per heavy atom. The highest BCUT2D eigenvalue weighted by atomic mass is 16.2. The lowest BCUT2D eigenvalue weighted by atomic mass is 9.94. The highest BCUT2D eigenvalue weighted by molar-refractivity contribution is 5.92. The van der Waals surface area contributed by atoms with Crippen molar-refractivity contribution in [2.24, 2.45) is 0 Å². The van der Waals surface area contributed by atoms with E-state index in [2.05, 4.69) is 14.8 Å². The van der Waals surface area contributed by atoms with Gasteiger partial charge >= 0.3 is 0 Å². The summed E-state index contributed by atoms with van der Waals surface area (Å²) < 4.78 is 0. The first-order chi connectivity index (χ1) is 11.6. The minimum Gasteiger partial charge on any atom is -0.355 e. The Morgan fingerprint density at radius 1 is 1.04 bits per heavy atom. The molecular weight excluding hydrogens is 300 g/mol. The third kappa shape index (κ3) is 4.07. The number of carbonyl (C=O) groups is 1. The minimum absolute atomic E-state index is 0.0319. The largest absolute Gasteiger partial charge is 0.355 e. The van der Waals surface area contributed by atoms with Gasteiger partial charge in [-0.15, -0.1) is 0 Å². The zero-order valence-electron chi connectivity index (χ0n) is 15.1. The van der Waals surface area contributed by atoms with E-state index in [1.807, 2.05) is 12.1 Å². The third-order valence-corrected chi connectivity index (χ3v) is 5.31. The van der Waals surface area contributed by atoms with E-state index in [4.69, 9.17) is 0 Å². The fraction of sp³-hybridized carbons (Fsp3) is 0.684. The Hall–Kier alpha value is -1.62. The van der Waals surface area contributed by atoms with Gasteiger partial charge in [-0.25, -0.2) is 4.98 Å². The van der Waals surface area contributed by atoms with Gasteiger partial charge in [0.05, 0.1) is 0 Å². The highest BCUT2D eigenvalue weighted by Crippen LogP contribution is 2.24. The summed E-state index contributed by atoms with van der Waals surface area (Å²) in [6.07, 6.45) is 8.09. The number of anilines is 1. The van der Waals surface area contributed by atoms with E-state index < -0.39 is 0 Å². The second-order valence-corrected chi connectivity index (χ2v) is 7.25. The van der Waals surface area contributed by atoms with Crippen LogP contribution in [0.2, 0.25) is 0 Å². The van der Waals surface area contributed by atoms with Crippen LogP contribution in [0, 0.1) is 0 Å². The maximum Gasteiger partial charge on any atom is 0.272 e. The van der Waals surface area contributed by atoms with Gasteiger partial charge in [0.2, 0.25) is 0 Å². The molecule has 0 bridgehead atoms. The van der Waals surface area contributed by atoms with Crippen LogP contribution in [0.15, 0.2) is 18.2 Å². The molecule has 24 heavy (non-hydrogen) atoms. The standard InChI is InChI=1S/C19H30N4O/c1-21(2)19(24)17-10-6-11-18(20-17)23-13-7-12-22(14-15-23)16-8-4-3-5-9-16/h6,10-11,16H,3-5,7-9,12-15H2,1-2H3. The van der Waals surface area contributed by atoms with Gasteiger partial charge in [-0.3, -0.25) is 9.69 Å². The van der Waals surface area contributed by atoms with Crippen molar-refractivity contribution in [1.82, 2.24) is 14.8 Å². The fourth-order valence-electron chi connectivity index (χ4n) is 3.93. The van der Waals surface area contributed by atoms with Crippen molar-refractivity contribution >= 4 is 11.7 Å². The zero-order valence-corrected chi connectivity index (χ0v) is 15.1. The highest BCUT2D eigenvalue weighted by Gasteiger charge is 2.24. The van der Waals surface area contributed by atoms with Crippen LogP contribution < -0.4 is 4.90 Å². The van der Waals surface area contributed by atoms with Gasteiger partial charge in [0, 0.05) is 46.3 Å². The third-order valence-electron chi connectivity index (χ3n) is 5.31. The van der Waals surface area contributed by atoms with Crippen LogP contribution in [0.4, 0.5) is 5.82 Å². The van der Waals surface area contributed by atoms with Crippen molar-refractivity contribution in [3.8, 4) is 0 Å². The molecule has 0 radical (unpaired) electrons. The first-order valence-corrected chi connectivity index (χ1v) is 9.33. The molecule has 0 atom stereocenters. The molecule has 1 aliphatic carbocycles. The maximum absolute atomic E-state index is 12.1. The summed E-state index contributed by atoms with van der Waals surface area (Å²) in [6, 6.07) is 6.57. The number of pyridine rings is 1. The van der Waals surface area contributed by atoms with Crippen molar-refractivity contribution in [2.45, 2.75) is 44.6 Å². The van der Waals surface area contributed by atoms with Crippen LogP contribution in [0.3, 0.4) is 0 Å². The molecule has 2 aliphatic rings. The summed E-state index contributed by atoms with van der Waals surface area (Å²) in [6.45, 7) is 4.33. The number of hydrogen-bond acceptors (Lipinski definition) is 4. The predicted octanol–water partition coefficient (Wildman–Crippen LogP) is 2.63. The molecule has 1 saturated heterocycles. The smallest absolute Gasteiger partial charge is 0.272 e. The van der Waals surface area contributed by atoms with Gasteiger partial charge in [0.15, 0.2) is 0 Å². The number of rotatable bonds is 3. The molecule has 0 spiro atoms. The molecule has 3 rings (SSSR count). The fourth-order valence-corrected chi connectivity index (χ4v) is 3.93. The lowest BCUT2D eigenvalue weighted by Crippen LogP contribution is -2.39. The number of aromatic nitrogens is 1. The van der Waals surface area contributed by atoms with Gasteiger partial charge in [-0.2, -0.15) is 0 Å². The molecule has 5 nitrogen and oxygen atoms in total. The van der Waals surface area contributed by atoms with E-state index in [1.54, 1.807) is 25.1 Å². The van der Waals surface area contributed by atoms with Crippen molar-refractivity contribution in [3.05, 3.63) is 23.9 Å². The molecule has 0 aromatic carbocycles. The molecular formula is C19H30N4O. The lowest BCUT2D eigenvalue weighted by molar-refractivity contribution is 0.0822. The van der Waals surface area contributed by atoms with Crippen molar-refractivity contribution < 1.29 is 4.79 Å². The molecule has 1 saturated carbocycles. The Labute approximate surface area is 145 Å². The molecule has 1 aliphatic heterocycles. The van der Waals surface area contributed by atoms with Gasteiger partial charge < -0.3 is 9.80 Å². The van der Waals surface area contributed by atoms with E-state index in [1.165, 1.54) is 45.1 Å². The molecule has 0 unspecified atom stereocenters. The molecule has 1 amide bonds.